The Morgan fingerprint density at radius 1 is 1.73 bits per heavy atom. The lowest BCUT2D eigenvalue weighted by molar-refractivity contribution is 0.0588. The van der Waals surface area contributed by atoms with Gasteiger partial charge in [-0.2, -0.15) is 11.3 Å². The van der Waals surface area contributed by atoms with Crippen molar-refractivity contribution in [2.75, 3.05) is 20.3 Å². The van der Waals surface area contributed by atoms with Gasteiger partial charge in [0, 0.05) is 24.6 Å². The van der Waals surface area contributed by atoms with E-state index in [1.165, 1.54) is 18.4 Å². The minimum absolute atomic E-state index is 0.0964. The maximum atomic E-state index is 11.4. The van der Waals surface area contributed by atoms with Crippen LogP contribution in [0.5, 0.6) is 0 Å². The molecule has 0 bridgehead atoms. The maximum Gasteiger partial charge on any atom is 0.252 e. The van der Waals surface area contributed by atoms with Crippen LogP contribution in [0.15, 0.2) is 16.8 Å². The van der Waals surface area contributed by atoms with Crippen LogP contribution in [0.4, 0.5) is 0 Å². The molecule has 1 rings (SSSR count). The Hall–Kier alpha value is -0.910. The highest BCUT2D eigenvalue weighted by Crippen LogP contribution is 2.05. The molecule has 4 nitrogen and oxygen atoms in total. The molecule has 2 N–H and O–H groups in total. The Morgan fingerprint density at radius 2 is 2.53 bits per heavy atom. The molecule has 0 fully saturated rings. The summed E-state index contributed by atoms with van der Waals surface area (Å²) >= 11 is 1.49. The summed E-state index contributed by atoms with van der Waals surface area (Å²) in [5, 5.41) is 15.7. The number of aliphatic hydroxyl groups is 1. The van der Waals surface area contributed by atoms with E-state index in [2.05, 4.69) is 5.32 Å². The Balaban J connectivity index is 2.18. The lowest BCUT2D eigenvalue weighted by atomic mass is 10.2. The van der Waals surface area contributed by atoms with Crippen LogP contribution in [0.3, 0.4) is 0 Å². The summed E-state index contributed by atoms with van der Waals surface area (Å²) in [5.74, 6) is -0.0964. The van der Waals surface area contributed by atoms with Gasteiger partial charge in [0.05, 0.1) is 12.7 Å². The van der Waals surface area contributed by atoms with Crippen LogP contribution in [0.25, 0.3) is 0 Å². The molecule has 84 valence electrons. The van der Waals surface area contributed by atoms with E-state index in [1.807, 2.05) is 5.38 Å². The van der Waals surface area contributed by atoms with Gasteiger partial charge in [0.15, 0.2) is 0 Å². The van der Waals surface area contributed by atoms with Crippen LogP contribution in [0, 0.1) is 0 Å². The summed E-state index contributed by atoms with van der Waals surface area (Å²) in [7, 11) is 1.53. The van der Waals surface area contributed by atoms with Crippen molar-refractivity contribution >= 4 is 17.2 Å². The monoisotopic (exact) mass is 229 g/mol. The Morgan fingerprint density at radius 3 is 3.13 bits per heavy atom. The van der Waals surface area contributed by atoms with Crippen LogP contribution in [0.2, 0.25) is 0 Å². The van der Waals surface area contributed by atoms with Crippen molar-refractivity contribution < 1.29 is 14.6 Å². The molecule has 1 unspecified atom stereocenters. The zero-order valence-corrected chi connectivity index (χ0v) is 9.42. The molecule has 0 aliphatic rings. The van der Waals surface area contributed by atoms with E-state index in [1.54, 1.807) is 11.4 Å². The number of hydrogen-bond donors (Lipinski definition) is 2. The van der Waals surface area contributed by atoms with E-state index in [0.717, 1.165) is 0 Å². The van der Waals surface area contributed by atoms with Crippen LogP contribution in [-0.4, -0.2) is 37.4 Å². The number of aliphatic hydroxyl groups excluding tert-OH is 1. The Bertz CT molecular complexity index is 287. The predicted octanol–water partition coefficient (Wildman–Crippen LogP) is 0.875. The molecule has 0 aromatic carbocycles. The van der Waals surface area contributed by atoms with Gasteiger partial charge < -0.3 is 15.2 Å². The molecule has 0 saturated carbocycles. The largest absolute Gasteiger partial charge is 0.391 e. The third-order valence-electron chi connectivity index (χ3n) is 1.91. The van der Waals surface area contributed by atoms with Gasteiger partial charge in [-0.1, -0.05) is 0 Å². The smallest absolute Gasteiger partial charge is 0.252 e. The molecular weight excluding hydrogens is 214 g/mol. The van der Waals surface area contributed by atoms with Crippen molar-refractivity contribution in [2.45, 2.75) is 12.5 Å². The fraction of sp³-hybridized carbons (Fsp3) is 0.500. The van der Waals surface area contributed by atoms with Gasteiger partial charge in [0.1, 0.15) is 0 Å². The molecule has 0 saturated heterocycles. The lowest BCUT2D eigenvalue weighted by Crippen LogP contribution is -2.28. The zero-order valence-electron chi connectivity index (χ0n) is 8.60. The molecule has 1 aromatic heterocycles. The minimum Gasteiger partial charge on any atom is -0.391 e. The van der Waals surface area contributed by atoms with E-state index in [0.29, 0.717) is 25.1 Å². The molecule has 15 heavy (non-hydrogen) atoms. The first-order valence-corrected chi connectivity index (χ1v) is 5.65. The SMILES string of the molecule is COCC(O)CCNC(=O)c1ccsc1. The number of carbonyl (C=O) groups is 1. The second-order valence-electron chi connectivity index (χ2n) is 3.17. The number of amides is 1. The molecule has 1 heterocycles. The molecule has 1 aromatic rings. The first-order chi connectivity index (χ1) is 7.24. The normalized spacial score (nSPS) is 12.4. The first-order valence-electron chi connectivity index (χ1n) is 4.71. The highest BCUT2D eigenvalue weighted by atomic mass is 32.1. The van der Waals surface area contributed by atoms with Gasteiger partial charge >= 0.3 is 0 Å². The van der Waals surface area contributed by atoms with Crippen LogP contribution in [-0.2, 0) is 4.74 Å². The Labute approximate surface area is 92.9 Å². The van der Waals surface area contributed by atoms with Crippen molar-refractivity contribution in [3.63, 3.8) is 0 Å². The number of nitrogens with one attached hydrogen (secondary N) is 1. The molecule has 0 aliphatic carbocycles. The van der Waals surface area contributed by atoms with Gasteiger partial charge in [-0.3, -0.25) is 4.79 Å². The van der Waals surface area contributed by atoms with Crippen LogP contribution in [0.1, 0.15) is 16.8 Å². The van der Waals surface area contributed by atoms with E-state index >= 15 is 0 Å². The van der Waals surface area contributed by atoms with E-state index in [-0.39, 0.29) is 5.91 Å². The third kappa shape index (κ3) is 4.42. The van der Waals surface area contributed by atoms with Crippen molar-refractivity contribution in [3.05, 3.63) is 22.4 Å². The third-order valence-corrected chi connectivity index (χ3v) is 2.59. The highest BCUT2D eigenvalue weighted by Gasteiger charge is 2.07. The zero-order chi connectivity index (χ0) is 11.1. The standard InChI is InChI=1S/C10H15NO3S/c1-14-6-9(12)2-4-11-10(13)8-3-5-15-7-8/h3,5,7,9,12H,2,4,6H2,1H3,(H,11,13). The number of hydrogen-bond acceptors (Lipinski definition) is 4. The molecule has 1 amide bonds. The van der Waals surface area contributed by atoms with E-state index in [4.69, 9.17) is 4.74 Å². The summed E-state index contributed by atoms with van der Waals surface area (Å²) < 4.78 is 4.77. The number of rotatable bonds is 6. The number of thiophene rings is 1. The van der Waals surface area contributed by atoms with Crippen molar-refractivity contribution in [1.29, 1.82) is 0 Å². The van der Waals surface area contributed by atoms with Gasteiger partial charge in [-0.15, -0.1) is 0 Å². The molecule has 0 aliphatic heterocycles. The van der Waals surface area contributed by atoms with Crippen molar-refractivity contribution in [1.82, 2.24) is 5.32 Å². The minimum atomic E-state index is -0.516. The maximum absolute atomic E-state index is 11.4. The summed E-state index contributed by atoms with van der Waals surface area (Å²) in [6.07, 6.45) is -0.0123. The predicted molar refractivity (Wildman–Crippen MR) is 59.2 cm³/mol. The number of methoxy groups -OCH3 is 1. The second kappa shape index (κ2) is 6.55. The molecule has 1 atom stereocenters. The summed E-state index contributed by atoms with van der Waals surface area (Å²) in [6.45, 7) is 0.757. The average Bonchev–Trinajstić information content (AvgIpc) is 2.70. The molecular formula is C10H15NO3S. The van der Waals surface area contributed by atoms with Crippen LogP contribution >= 0.6 is 11.3 Å². The topological polar surface area (TPSA) is 58.6 Å². The van der Waals surface area contributed by atoms with Gasteiger partial charge in [-0.25, -0.2) is 0 Å². The van der Waals surface area contributed by atoms with Gasteiger partial charge in [-0.05, 0) is 17.9 Å². The van der Waals surface area contributed by atoms with Crippen molar-refractivity contribution in [3.8, 4) is 0 Å². The fourth-order valence-electron chi connectivity index (χ4n) is 1.12. The van der Waals surface area contributed by atoms with Gasteiger partial charge in [0.2, 0.25) is 0 Å². The molecule has 0 radical (unpaired) electrons. The van der Waals surface area contributed by atoms with E-state index in [9.17, 15) is 9.90 Å². The second-order valence-corrected chi connectivity index (χ2v) is 3.95. The summed E-state index contributed by atoms with van der Waals surface area (Å²) in [6, 6.07) is 1.77. The summed E-state index contributed by atoms with van der Waals surface area (Å²) in [5.41, 5.74) is 0.668. The quantitative estimate of drug-likeness (QED) is 0.761. The average molecular weight is 229 g/mol. The first kappa shape index (κ1) is 12.2. The van der Waals surface area contributed by atoms with Crippen molar-refractivity contribution in [2.24, 2.45) is 0 Å². The molecule has 0 spiro atoms. The fourth-order valence-corrected chi connectivity index (χ4v) is 1.76. The lowest BCUT2D eigenvalue weighted by Gasteiger charge is -2.09. The van der Waals surface area contributed by atoms with Crippen LogP contribution < -0.4 is 5.32 Å². The van der Waals surface area contributed by atoms with E-state index < -0.39 is 6.10 Å². The molecule has 5 heteroatoms. The highest BCUT2D eigenvalue weighted by molar-refractivity contribution is 7.08. The Kier molecular flexibility index (Phi) is 5.31. The summed E-state index contributed by atoms with van der Waals surface area (Å²) in [4.78, 5) is 11.4. The number of ether oxygens (including phenoxy) is 1. The van der Waals surface area contributed by atoms with Gasteiger partial charge in [0.25, 0.3) is 5.91 Å². The number of carbonyl (C=O) groups excluding carboxylic acids is 1.